The van der Waals surface area contributed by atoms with Gasteiger partial charge in [0.15, 0.2) is 0 Å². The number of amides is 1. The number of hydrogen-bond acceptors (Lipinski definition) is 6. The van der Waals surface area contributed by atoms with E-state index in [0.29, 0.717) is 24.3 Å². The average molecular weight is 427 g/mol. The predicted molar refractivity (Wildman–Crippen MR) is 116 cm³/mol. The Kier molecular flexibility index (Phi) is 8.03. The Hall–Kier alpha value is -2.90. The van der Waals surface area contributed by atoms with Gasteiger partial charge in [-0.15, -0.1) is 0 Å². The monoisotopic (exact) mass is 427 g/mol. The normalized spacial score (nSPS) is 21.1. The zero-order valence-electron chi connectivity index (χ0n) is 17.6. The summed E-state index contributed by atoms with van der Waals surface area (Å²) in [6.07, 6.45) is 7.43. The summed E-state index contributed by atoms with van der Waals surface area (Å²) in [5.74, 6) is 0.0630. The molecule has 3 unspecified atom stereocenters. The summed E-state index contributed by atoms with van der Waals surface area (Å²) < 4.78 is 10.6. The van der Waals surface area contributed by atoms with Gasteiger partial charge in [0.2, 0.25) is 0 Å². The molecule has 3 atom stereocenters. The zero-order chi connectivity index (χ0) is 22.2. The van der Waals surface area contributed by atoms with Crippen LogP contribution in [0.4, 0.5) is 0 Å². The van der Waals surface area contributed by atoms with E-state index in [1.807, 2.05) is 54.6 Å². The van der Waals surface area contributed by atoms with Crippen molar-refractivity contribution in [1.29, 1.82) is 0 Å². The summed E-state index contributed by atoms with van der Waals surface area (Å²) in [4.78, 5) is 26.2. The largest absolute Gasteiger partial charge is 0.491 e. The number of rotatable bonds is 10. The van der Waals surface area contributed by atoms with E-state index in [9.17, 15) is 19.8 Å². The van der Waals surface area contributed by atoms with Crippen molar-refractivity contribution in [2.45, 2.75) is 31.9 Å². The second-order valence-electron chi connectivity index (χ2n) is 7.52. The van der Waals surface area contributed by atoms with Crippen molar-refractivity contribution in [3.8, 4) is 0 Å². The maximum Gasteiger partial charge on any atom is 0.305 e. The summed E-state index contributed by atoms with van der Waals surface area (Å²) in [6.45, 7) is 1.95. The van der Waals surface area contributed by atoms with E-state index < -0.39 is 6.10 Å². The lowest BCUT2D eigenvalue weighted by molar-refractivity contribution is -0.147. The van der Waals surface area contributed by atoms with Crippen LogP contribution in [-0.2, 0) is 19.1 Å². The summed E-state index contributed by atoms with van der Waals surface area (Å²) >= 11 is 0. The van der Waals surface area contributed by atoms with Gasteiger partial charge < -0.3 is 24.6 Å². The highest BCUT2D eigenvalue weighted by molar-refractivity contribution is 6.20. The molecular weight excluding hydrogens is 398 g/mol. The van der Waals surface area contributed by atoms with Crippen LogP contribution in [0.3, 0.4) is 0 Å². The number of aliphatic hydroxyl groups excluding tert-OH is 2. The van der Waals surface area contributed by atoms with Crippen LogP contribution in [0.2, 0.25) is 0 Å². The van der Waals surface area contributed by atoms with Crippen LogP contribution in [0.1, 0.15) is 25.3 Å². The molecule has 3 rings (SSSR count). The van der Waals surface area contributed by atoms with Crippen molar-refractivity contribution in [3.63, 3.8) is 0 Å². The molecule has 0 fully saturated rings. The second-order valence-corrected chi connectivity index (χ2v) is 7.52. The Bertz CT molecular complexity index is 860. The first-order chi connectivity index (χ1) is 15.0. The van der Waals surface area contributed by atoms with Gasteiger partial charge in [-0.2, -0.15) is 0 Å². The number of allylic oxidation sites excluding steroid dienone is 1. The van der Waals surface area contributed by atoms with Crippen LogP contribution in [0, 0.1) is 5.92 Å². The standard InChI is InChI=1S/C24H29NO6/c1-2-23(28)31-16-19(27)15-30-20-10-9-18-13-21(17-7-4-3-5-8-17)24(29)25(11-6-12-26)22(18)14-20/h3-5,7-10,13-14,18-19,22,26-27H,2,6,11-12,15-16H2,1H3. The number of aliphatic hydroxyl groups is 2. The fraction of sp³-hybridized carbons (Fsp3) is 0.417. The minimum absolute atomic E-state index is 0.00284. The molecule has 1 heterocycles. The van der Waals surface area contributed by atoms with Gasteiger partial charge in [0, 0.05) is 31.1 Å². The number of fused-ring (bicyclic) bond motifs is 1. The molecule has 0 radical (unpaired) electrons. The average Bonchev–Trinajstić information content (AvgIpc) is 2.80. The van der Waals surface area contributed by atoms with Gasteiger partial charge in [-0.1, -0.05) is 49.4 Å². The van der Waals surface area contributed by atoms with Gasteiger partial charge in [0.05, 0.1) is 6.04 Å². The molecule has 1 aromatic carbocycles. The van der Waals surface area contributed by atoms with Crippen molar-refractivity contribution in [3.05, 3.63) is 66.0 Å². The molecule has 2 aliphatic rings. The maximum absolute atomic E-state index is 13.2. The Morgan fingerprint density at radius 3 is 2.68 bits per heavy atom. The van der Waals surface area contributed by atoms with E-state index in [2.05, 4.69) is 0 Å². The van der Waals surface area contributed by atoms with Crippen LogP contribution in [-0.4, -0.2) is 65.5 Å². The molecule has 2 N–H and O–H groups in total. The summed E-state index contributed by atoms with van der Waals surface area (Å²) in [5, 5.41) is 19.3. The number of nitrogens with zero attached hydrogens (tertiary/aromatic N) is 1. The molecule has 7 nitrogen and oxygen atoms in total. The molecule has 0 spiro atoms. The van der Waals surface area contributed by atoms with Crippen molar-refractivity contribution in [2.24, 2.45) is 5.92 Å². The molecule has 1 aliphatic carbocycles. The third-order valence-electron chi connectivity index (χ3n) is 5.23. The fourth-order valence-electron chi connectivity index (χ4n) is 3.62. The molecular formula is C24H29NO6. The number of carbonyl (C=O) groups is 2. The molecule has 1 aliphatic heterocycles. The predicted octanol–water partition coefficient (Wildman–Crippen LogP) is 2.06. The lowest BCUT2D eigenvalue weighted by atomic mass is 9.85. The SMILES string of the molecule is CCC(=O)OCC(O)COC1=CC2C(C=C1)C=C(c1ccccc1)C(=O)N2CCCO. The van der Waals surface area contributed by atoms with Gasteiger partial charge in [0.25, 0.3) is 5.91 Å². The number of ether oxygens (including phenoxy) is 2. The van der Waals surface area contributed by atoms with Crippen molar-refractivity contribution >= 4 is 17.4 Å². The lowest BCUT2D eigenvalue weighted by Gasteiger charge is -2.39. The summed E-state index contributed by atoms with van der Waals surface area (Å²) in [5.41, 5.74) is 1.51. The van der Waals surface area contributed by atoms with Crippen LogP contribution >= 0.6 is 0 Å². The van der Waals surface area contributed by atoms with Crippen LogP contribution in [0.15, 0.2) is 60.4 Å². The lowest BCUT2D eigenvalue weighted by Crippen LogP contribution is -2.47. The number of hydrogen-bond donors (Lipinski definition) is 2. The van der Waals surface area contributed by atoms with E-state index in [1.54, 1.807) is 11.8 Å². The maximum atomic E-state index is 13.2. The number of benzene rings is 1. The molecule has 7 heteroatoms. The smallest absolute Gasteiger partial charge is 0.305 e. The zero-order valence-corrected chi connectivity index (χ0v) is 17.6. The highest BCUT2D eigenvalue weighted by atomic mass is 16.5. The van der Waals surface area contributed by atoms with Crippen molar-refractivity contribution < 1.29 is 29.3 Å². The highest BCUT2D eigenvalue weighted by Gasteiger charge is 2.36. The molecule has 166 valence electrons. The quantitative estimate of drug-likeness (QED) is 0.555. The summed E-state index contributed by atoms with van der Waals surface area (Å²) in [7, 11) is 0. The Morgan fingerprint density at radius 2 is 1.97 bits per heavy atom. The van der Waals surface area contributed by atoms with Crippen LogP contribution in [0.5, 0.6) is 0 Å². The first-order valence-corrected chi connectivity index (χ1v) is 10.6. The molecule has 0 aromatic heterocycles. The first-order valence-electron chi connectivity index (χ1n) is 10.6. The van der Waals surface area contributed by atoms with E-state index in [-0.39, 0.29) is 50.1 Å². The molecule has 31 heavy (non-hydrogen) atoms. The van der Waals surface area contributed by atoms with Gasteiger partial charge in [-0.3, -0.25) is 9.59 Å². The molecule has 1 amide bonds. The molecule has 0 saturated carbocycles. The molecule has 0 saturated heterocycles. The van der Waals surface area contributed by atoms with Gasteiger partial charge in [-0.25, -0.2) is 0 Å². The molecule has 1 aromatic rings. The van der Waals surface area contributed by atoms with E-state index in [1.165, 1.54) is 0 Å². The number of esters is 1. The van der Waals surface area contributed by atoms with E-state index in [0.717, 1.165) is 5.56 Å². The second kappa shape index (κ2) is 10.9. The van der Waals surface area contributed by atoms with Crippen molar-refractivity contribution in [2.75, 3.05) is 26.4 Å². The number of carbonyl (C=O) groups excluding carboxylic acids is 2. The Labute approximate surface area is 182 Å². The minimum atomic E-state index is -0.939. The van der Waals surface area contributed by atoms with Crippen molar-refractivity contribution in [1.82, 2.24) is 4.90 Å². The van der Waals surface area contributed by atoms with Gasteiger partial charge >= 0.3 is 5.97 Å². The first kappa shape index (κ1) is 22.8. The van der Waals surface area contributed by atoms with Crippen LogP contribution < -0.4 is 0 Å². The van der Waals surface area contributed by atoms with Gasteiger partial charge in [0.1, 0.15) is 25.1 Å². The van der Waals surface area contributed by atoms with Crippen LogP contribution in [0.25, 0.3) is 5.57 Å². The molecule has 0 bridgehead atoms. The topological polar surface area (TPSA) is 96.3 Å². The Morgan fingerprint density at radius 1 is 1.19 bits per heavy atom. The third kappa shape index (κ3) is 5.83. The third-order valence-corrected chi connectivity index (χ3v) is 5.23. The fourth-order valence-corrected chi connectivity index (χ4v) is 3.62. The highest BCUT2D eigenvalue weighted by Crippen LogP contribution is 2.34. The summed E-state index contributed by atoms with van der Waals surface area (Å²) in [6, 6.07) is 9.31. The minimum Gasteiger partial charge on any atom is -0.491 e. The Balaban J connectivity index is 1.72. The van der Waals surface area contributed by atoms with Gasteiger partial charge in [-0.05, 0) is 24.1 Å². The van der Waals surface area contributed by atoms with E-state index >= 15 is 0 Å². The van der Waals surface area contributed by atoms with E-state index in [4.69, 9.17) is 9.47 Å².